The molecule has 1 fully saturated rings. The third-order valence-corrected chi connectivity index (χ3v) is 6.87. The van der Waals surface area contributed by atoms with Crippen LogP contribution in [-0.2, 0) is 20.9 Å². The molecule has 0 bridgehead atoms. The Kier molecular flexibility index (Phi) is 10.0. The molecular weight excluding hydrogens is 486 g/mol. The number of amides is 3. The molecule has 0 aromatic heterocycles. The summed E-state index contributed by atoms with van der Waals surface area (Å²) in [7, 11) is 0. The van der Waals surface area contributed by atoms with E-state index in [1.807, 2.05) is 66.9 Å². The normalized spacial score (nSPS) is 18.3. The first-order valence-corrected chi connectivity index (χ1v) is 14.2. The molecule has 0 saturated heterocycles. The number of hydrogen-bond acceptors (Lipinski definition) is 5. The average Bonchev–Trinajstić information content (AvgIpc) is 3.58. The van der Waals surface area contributed by atoms with Crippen LogP contribution in [0.3, 0.4) is 0 Å². The second-order valence-electron chi connectivity index (χ2n) is 10.5. The van der Waals surface area contributed by atoms with Gasteiger partial charge in [0.25, 0.3) is 0 Å². The Bertz CT molecular complexity index is 1040. The summed E-state index contributed by atoms with van der Waals surface area (Å²) in [5.74, 6) is 0.428. The van der Waals surface area contributed by atoms with E-state index < -0.39 is 23.8 Å². The molecule has 1 aliphatic carbocycles. The van der Waals surface area contributed by atoms with E-state index in [9.17, 15) is 14.4 Å². The second kappa shape index (κ2) is 13.0. The van der Waals surface area contributed by atoms with E-state index in [4.69, 9.17) is 4.74 Å². The van der Waals surface area contributed by atoms with Gasteiger partial charge in [-0.05, 0) is 62.7 Å². The summed E-state index contributed by atoms with van der Waals surface area (Å²) in [5, 5.41) is 5.83. The topological polar surface area (TPSA) is 87.7 Å². The van der Waals surface area contributed by atoms with Gasteiger partial charge in [0, 0.05) is 12.6 Å². The quantitative estimate of drug-likeness (QED) is 0.435. The minimum absolute atomic E-state index is 0.0857. The van der Waals surface area contributed by atoms with Gasteiger partial charge >= 0.3 is 6.09 Å². The predicted octanol–water partition coefficient (Wildman–Crippen LogP) is 4.93. The van der Waals surface area contributed by atoms with Crippen LogP contribution in [0, 0.1) is 5.92 Å². The summed E-state index contributed by atoms with van der Waals surface area (Å²) in [5.41, 5.74) is 1.03. The molecule has 200 valence electrons. The lowest BCUT2D eigenvalue weighted by atomic mass is 10.0. The lowest BCUT2D eigenvalue weighted by Gasteiger charge is -2.35. The number of alkyl carbamates (subject to hydrolysis) is 1. The number of thioether (sulfide) groups is 1. The van der Waals surface area contributed by atoms with Gasteiger partial charge in [-0.1, -0.05) is 67.6 Å². The second-order valence-corrected chi connectivity index (χ2v) is 11.5. The van der Waals surface area contributed by atoms with E-state index in [0.717, 1.165) is 17.5 Å². The number of ether oxygens (including phenoxy) is 1. The molecule has 0 radical (unpaired) electrons. The Morgan fingerprint density at radius 2 is 1.65 bits per heavy atom. The first-order chi connectivity index (χ1) is 17.6. The fourth-order valence-electron chi connectivity index (χ4n) is 4.25. The molecule has 4 unspecified atom stereocenters. The SMILES string of the molecule is CSCCC(NC(=O)OC(C)(C)C)C(=O)N(C(C(=O)NCc1ccccc1)c1ccccc1)C1CC1C. The van der Waals surface area contributed by atoms with Crippen molar-refractivity contribution in [2.45, 2.75) is 70.8 Å². The van der Waals surface area contributed by atoms with Gasteiger partial charge in [0.1, 0.15) is 17.7 Å². The largest absolute Gasteiger partial charge is 0.444 e. The maximum atomic E-state index is 14.1. The Balaban J connectivity index is 1.91. The van der Waals surface area contributed by atoms with Crippen LogP contribution >= 0.6 is 11.8 Å². The monoisotopic (exact) mass is 525 g/mol. The molecule has 1 aliphatic rings. The summed E-state index contributed by atoms with van der Waals surface area (Å²) in [6.07, 6.45) is 2.56. The summed E-state index contributed by atoms with van der Waals surface area (Å²) >= 11 is 1.60. The third kappa shape index (κ3) is 8.52. The van der Waals surface area contributed by atoms with Crippen LogP contribution in [-0.4, -0.2) is 52.5 Å². The van der Waals surface area contributed by atoms with Gasteiger partial charge in [0.15, 0.2) is 0 Å². The number of hydrogen-bond donors (Lipinski definition) is 2. The average molecular weight is 526 g/mol. The van der Waals surface area contributed by atoms with Crippen molar-refractivity contribution in [1.29, 1.82) is 0 Å². The van der Waals surface area contributed by atoms with Gasteiger partial charge in [-0.2, -0.15) is 11.8 Å². The zero-order chi connectivity index (χ0) is 27.0. The minimum atomic E-state index is -0.815. The van der Waals surface area contributed by atoms with Crippen molar-refractivity contribution < 1.29 is 19.1 Å². The molecule has 7 nitrogen and oxygen atoms in total. The van der Waals surface area contributed by atoms with Crippen molar-refractivity contribution in [3.8, 4) is 0 Å². The molecule has 0 aliphatic heterocycles. The number of benzene rings is 2. The first kappa shape index (κ1) is 28.6. The first-order valence-electron chi connectivity index (χ1n) is 12.8. The van der Waals surface area contributed by atoms with E-state index in [1.165, 1.54) is 0 Å². The van der Waals surface area contributed by atoms with Crippen LogP contribution in [0.5, 0.6) is 0 Å². The molecule has 37 heavy (non-hydrogen) atoms. The molecule has 1 saturated carbocycles. The van der Waals surface area contributed by atoms with E-state index in [-0.39, 0.29) is 23.8 Å². The number of nitrogens with zero attached hydrogens (tertiary/aromatic N) is 1. The molecule has 8 heteroatoms. The highest BCUT2D eigenvalue weighted by molar-refractivity contribution is 7.98. The van der Waals surface area contributed by atoms with Crippen molar-refractivity contribution >= 4 is 29.7 Å². The molecule has 0 spiro atoms. The highest BCUT2D eigenvalue weighted by Crippen LogP contribution is 2.41. The van der Waals surface area contributed by atoms with E-state index >= 15 is 0 Å². The van der Waals surface area contributed by atoms with Gasteiger partial charge in [-0.25, -0.2) is 4.79 Å². The van der Waals surface area contributed by atoms with Crippen LogP contribution in [0.1, 0.15) is 57.7 Å². The van der Waals surface area contributed by atoms with Crippen LogP contribution in [0.15, 0.2) is 60.7 Å². The zero-order valence-electron chi connectivity index (χ0n) is 22.4. The molecule has 3 amide bonds. The van der Waals surface area contributed by atoms with Crippen molar-refractivity contribution in [2.75, 3.05) is 12.0 Å². The van der Waals surface area contributed by atoms with Gasteiger partial charge in [0.05, 0.1) is 0 Å². The summed E-state index contributed by atoms with van der Waals surface area (Å²) < 4.78 is 5.45. The maximum Gasteiger partial charge on any atom is 0.408 e. The van der Waals surface area contributed by atoms with Crippen LogP contribution in [0.25, 0.3) is 0 Å². The summed E-state index contributed by atoms with van der Waals surface area (Å²) in [4.78, 5) is 42.2. The van der Waals surface area contributed by atoms with Crippen LogP contribution < -0.4 is 10.6 Å². The molecular formula is C29H39N3O4S. The number of carbonyl (C=O) groups is 3. The Hall–Kier alpha value is -3.00. The van der Waals surface area contributed by atoms with Crippen LogP contribution in [0.2, 0.25) is 0 Å². The van der Waals surface area contributed by atoms with Crippen LogP contribution in [0.4, 0.5) is 4.79 Å². The number of nitrogens with one attached hydrogen (secondary N) is 2. The van der Waals surface area contributed by atoms with Gasteiger partial charge < -0.3 is 20.3 Å². The highest BCUT2D eigenvalue weighted by Gasteiger charge is 2.48. The smallest absolute Gasteiger partial charge is 0.408 e. The molecule has 0 heterocycles. The molecule has 3 rings (SSSR count). The van der Waals surface area contributed by atoms with Crippen molar-refractivity contribution in [3.05, 3.63) is 71.8 Å². The number of carbonyl (C=O) groups excluding carboxylic acids is 3. The standard InChI is InChI=1S/C29H39N3O4S/c1-20-18-24(20)32(27(34)23(16-17-37-5)31-28(35)36-29(2,3)4)25(22-14-10-7-11-15-22)26(33)30-19-21-12-8-6-9-13-21/h6-15,20,23-25H,16-19H2,1-5H3,(H,30,33)(H,31,35). The summed E-state index contributed by atoms with van der Waals surface area (Å²) in [6.45, 7) is 7.79. The summed E-state index contributed by atoms with van der Waals surface area (Å²) in [6, 6.07) is 17.4. The zero-order valence-corrected chi connectivity index (χ0v) is 23.2. The molecule has 4 atom stereocenters. The fourth-order valence-corrected chi connectivity index (χ4v) is 4.72. The van der Waals surface area contributed by atoms with Crippen molar-refractivity contribution in [2.24, 2.45) is 5.92 Å². The lowest BCUT2D eigenvalue weighted by molar-refractivity contribution is -0.143. The predicted molar refractivity (Wildman–Crippen MR) is 148 cm³/mol. The van der Waals surface area contributed by atoms with E-state index in [2.05, 4.69) is 17.6 Å². The molecule has 2 N–H and O–H groups in total. The van der Waals surface area contributed by atoms with E-state index in [0.29, 0.717) is 18.7 Å². The Labute approximate surface area is 224 Å². The van der Waals surface area contributed by atoms with Gasteiger partial charge in [0.2, 0.25) is 11.8 Å². The fraction of sp³-hybridized carbons (Fsp3) is 0.483. The Morgan fingerprint density at radius 1 is 1.05 bits per heavy atom. The van der Waals surface area contributed by atoms with Crippen molar-refractivity contribution in [1.82, 2.24) is 15.5 Å². The van der Waals surface area contributed by atoms with Gasteiger partial charge in [-0.15, -0.1) is 0 Å². The lowest BCUT2D eigenvalue weighted by Crippen LogP contribution is -2.54. The molecule has 2 aromatic carbocycles. The molecule has 2 aromatic rings. The maximum absolute atomic E-state index is 14.1. The highest BCUT2D eigenvalue weighted by atomic mass is 32.2. The van der Waals surface area contributed by atoms with Gasteiger partial charge in [-0.3, -0.25) is 9.59 Å². The minimum Gasteiger partial charge on any atom is -0.444 e. The van der Waals surface area contributed by atoms with Crippen molar-refractivity contribution in [3.63, 3.8) is 0 Å². The third-order valence-electron chi connectivity index (χ3n) is 6.23. The Morgan fingerprint density at radius 3 is 2.19 bits per heavy atom. The van der Waals surface area contributed by atoms with E-state index in [1.54, 1.807) is 37.4 Å². The number of rotatable bonds is 11.